The van der Waals surface area contributed by atoms with Crippen LogP contribution in [-0.2, 0) is 6.42 Å². The Bertz CT molecular complexity index is 593. The number of nitrogens with zero attached hydrogens (tertiary/aromatic N) is 1. The van der Waals surface area contributed by atoms with Gasteiger partial charge in [0.15, 0.2) is 0 Å². The van der Waals surface area contributed by atoms with Gasteiger partial charge >= 0.3 is 0 Å². The third-order valence-corrected chi connectivity index (χ3v) is 3.66. The fourth-order valence-electron chi connectivity index (χ4n) is 2.37. The van der Waals surface area contributed by atoms with Gasteiger partial charge in [0.2, 0.25) is 0 Å². The summed E-state index contributed by atoms with van der Waals surface area (Å²) < 4.78 is 13.3. The third kappa shape index (κ3) is 3.56. The Balaban J connectivity index is 2.30. The molecule has 0 fully saturated rings. The molecule has 1 atom stereocenters. The van der Waals surface area contributed by atoms with E-state index in [0.717, 1.165) is 22.5 Å². The van der Waals surface area contributed by atoms with Crippen LogP contribution in [0.3, 0.4) is 0 Å². The zero-order valence-electron chi connectivity index (χ0n) is 11.9. The highest BCUT2D eigenvalue weighted by atomic mass is 35.5. The van der Waals surface area contributed by atoms with Gasteiger partial charge in [0.1, 0.15) is 5.82 Å². The van der Waals surface area contributed by atoms with Gasteiger partial charge in [-0.05, 0) is 68.8 Å². The number of rotatable bonds is 4. The van der Waals surface area contributed by atoms with Crippen molar-refractivity contribution < 1.29 is 4.39 Å². The number of nitrogens with one attached hydrogen (secondary N) is 1. The highest BCUT2D eigenvalue weighted by molar-refractivity contribution is 6.31. The second kappa shape index (κ2) is 6.33. The van der Waals surface area contributed by atoms with Crippen molar-refractivity contribution in [3.63, 3.8) is 0 Å². The molecule has 1 aromatic carbocycles. The lowest BCUT2D eigenvalue weighted by molar-refractivity contribution is 0.582. The quantitative estimate of drug-likeness (QED) is 0.921. The SMILES string of the molecule is CNC(Cc1cc(F)ccc1Cl)c1cc(C)nc(C)c1. The van der Waals surface area contributed by atoms with Crippen molar-refractivity contribution in [2.75, 3.05) is 7.05 Å². The zero-order valence-corrected chi connectivity index (χ0v) is 12.6. The molecular formula is C16H18ClFN2. The summed E-state index contributed by atoms with van der Waals surface area (Å²) in [4.78, 5) is 4.38. The lowest BCUT2D eigenvalue weighted by Gasteiger charge is -2.18. The molecule has 20 heavy (non-hydrogen) atoms. The topological polar surface area (TPSA) is 24.9 Å². The highest BCUT2D eigenvalue weighted by Crippen LogP contribution is 2.25. The van der Waals surface area contributed by atoms with E-state index in [-0.39, 0.29) is 11.9 Å². The Hall–Kier alpha value is -1.45. The lowest BCUT2D eigenvalue weighted by Crippen LogP contribution is -2.19. The first kappa shape index (κ1) is 14.9. The van der Waals surface area contributed by atoms with Crippen molar-refractivity contribution in [3.05, 3.63) is 63.7 Å². The van der Waals surface area contributed by atoms with Gasteiger partial charge in [-0.15, -0.1) is 0 Å². The number of halogens is 2. The Kier molecular flexibility index (Phi) is 4.73. The van der Waals surface area contributed by atoms with Crippen LogP contribution in [0, 0.1) is 19.7 Å². The Morgan fingerprint density at radius 1 is 1.20 bits per heavy atom. The van der Waals surface area contributed by atoms with Crippen LogP contribution in [0.2, 0.25) is 5.02 Å². The molecule has 1 N–H and O–H groups in total. The third-order valence-electron chi connectivity index (χ3n) is 3.29. The molecular weight excluding hydrogens is 275 g/mol. The first-order valence-electron chi connectivity index (χ1n) is 6.56. The van der Waals surface area contributed by atoms with Gasteiger partial charge in [-0.2, -0.15) is 0 Å². The van der Waals surface area contributed by atoms with E-state index in [4.69, 9.17) is 11.6 Å². The van der Waals surface area contributed by atoms with Crippen LogP contribution >= 0.6 is 11.6 Å². The van der Waals surface area contributed by atoms with Crippen LogP contribution in [0.1, 0.15) is 28.6 Å². The lowest BCUT2D eigenvalue weighted by atomic mass is 9.98. The maximum atomic E-state index is 13.3. The van der Waals surface area contributed by atoms with Crippen LogP contribution in [0.25, 0.3) is 0 Å². The fourth-order valence-corrected chi connectivity index (χ4v) is 2.57. The van der Waals surface area contributed by atoms with Gasteiger partial charge in [-0.1, -0.05) is 11.6 Å². The van der Waals surface area contributed by atoms with E-state index in [0.29, 0.717) is 11.4 Å². The first-order chi connectivity index (χ1) is 9.49. The fraction of sp³-hybridized carbons (Fsp3) is 0.312. The summed E-state index contributed by atoms with van der Waals surface area (Å²) in [5.74, 6) is -0.263. The van der Waals surface area contributed by atoms with Crippen molar-refractivity contribution >= 4 is 11.6 Å². The van der Waals surface area contributed by atoms with Crippen molar-refractivity contribution in [3.8, 4) is 0 Å². The van der Waals surface area contributed by atoms with Gasteiger partial charge in [-0.25, -0.2) is 4.39 Å². The van der Waals surface area contributed by atoms with Gasteiger partial charge < -0.3 is 5.32 Å². The molecule has 1 unspecified atom stereocenters. The van der Waals surface area contributed by atoms with E-state index >= 15 is 0 Å². The predicted octanol–water partition coefficient (Wildman–Crippen LogP) is 3.99. The van der Waals surface area contributed by atoms with Gasteiger partial charge in [-0.3, -0.25) is 4.98 Å². The molecule has 106 valence electrons. The van der Waals surface area contributed by atoms with E-state index in [1.165, 1.54) is 12.1 Å². The summed E-state index contributed by atoms with van der Waals surface area (Å²) in [5, 5.41) is 3.85. The van der Waals surface area contributed by atoms with Gasteiger partial charge in [0, 0.05) is 22.5 Å². The van der Waals surface area contributed by atoms with E-state index < -0.39 is 0 Å². The molecule has 0 aliphatic heterocycles. The maximum absolute atomic E-state index is 13.3. The highest BCUT2D eigenvalue weighted by Gasteiger charge is 2.14. The number of hydrogen-bond donors (Lipinski definition) is 1. The zero-order chi connectivity index (χ0) is 14.7. The summed E-state index contributed by atoms with van der Waals surface area (Å²) in [6, 6.07) is 8.63. The van der Waals surface area contributed by atoms with Gasteiger partial charge in [0.25, 0.3) is 0 Å². The van der Waals surface area contributed by atoms with E-state index in [1.54, 1.807) is 6.07 Å². The summed E-state index contributed by atoms with van der Waals surface area (Å²) in [6.45, 7) is 3.94. The number of aryl methyl sites for hydroxylation is 2. The number of pyridine rings is 1. The standard InChI is InChI=1S/C16H18ClFN2/c1-10-6-13(7-11(2)20-10)16(19-3)9-12-8-14(18)4-5-15(12)17/h4-8,16,19H,9H2,1-3H3. The summed E-state index contributed by atoms with van der Waals surface area (Å²) in [5.41, 5.74) is 3.90. The predicted molar refractivity (Wildman–Crippen MR) is 80.6 cm³/mol. The normalized spacial score (nSPS) is 12.4. The minimum Gasteiger partial charge on any atom is -0.313 e. The molecule has 4 heteroatoms. The Morgan fingerprint density at radius 3 is 2.45 bits per heavy atom. The summed E-state index contributed by atoms with van der Waals surface area (Å²) >= 11 is 6.14. The molecule has 1 heterocycles. The number of likely N-dealkylation sites (N-methyl/N-ethyl adjacent to an activating group) is 1. The summed E-state index contributed by atoms with van der Waals surface area (Å²) in [6.07, 6.45) is 0.635. The number of aromatic nitrogens is 1. The molecule has 0 aliphatic rings. The van der Waals surface area contributed by atoms with Crippen molar-refractivity contribution in [2.24, 2.45) is 0 Å². The molecule has 0 saturated heterocycles. The van der Waals surface area contributed by atoms with E-state index in [2.05, 4.69) is 10.3 Å². The smallest absolute Gasteiger partial charge is 0.123 e. The second-order valence-electron chi connectivity index (χ2n) is 4.96. The van der Waals surface area contributed by atoms with Crippen molar-refractivity contribution in [1.29, 1.82) is 0 Å². The van der Waals surface area contributed by atoms with Crippen molar-refractivity contribution in [1.82, 2.24) is 10.3 Å². The van der Waals surface area contributed by atoms with E-state index in [1.807, 2.05) is 33.0 Å². The molecule has 2 nitrogen and oxygen atoms in total. The van der Waals surface area contributed by atoms with Crippen LogP contribution in [0.15, 0.2) is 30.3 Å². The van der Waals surface area contributed by atoms with E-state index in [9.17, 15) is 4.39 Å². The molecule has 0 bridgehead atoms. The largest absolute Gasteiger partial charge is 0.313 e. The molecule has 0 radical (unpaired) electrons. The molecule has 1 aromatic heterocycles. The monoisotopic (exact) mass is 292 g/mol. The van der Waals surface area contributed by atoms with Crippen LogP contribution < -0.4 is 5.32 Å². The van der Waals surface area contributed by atoms with Crippen LogP contribution in [-0.4, -0.2) is 12.0 Å². The average molecular weight is 293 g/mol. The first-order valence-corrected chi connectivity index (χ1v) is 6.94. The Morgan fingerprint density at radius 2 is 1.85 bits per heavy atom. The molecule has 2 aromatic rings. The minimum absolute atomic E-state index is 0.0784. The molecule has 0 spiro atoms. The van der Waals surface area contributed by atoms with Gasteiger partial charge in [0.05, 0.1) is 0 Å². The molecule has 2 rings (SSSR count). The maximum Gasteiger partial charge on any atom is 0.123 e. The van der Waals surface area contributed by atoms with Crippen LogP contribution in [0.5, 0.6) is 0 Å². The Labute approximate surface area is 124 Å². The van der Waals surface area contributed by atoms with Crippen LogP contribution in [0.4, 0.5) is 4.39 Å². The molecule has 0 amide bonds. The summed E-state index contributed by atoms with van der Waals surface area (Å²) in [7, 11) is 1.89. The van der Waals surface area contributed by atoms with Crippen molar-refractivity contribution in [2.45, 2.75) is 26.3 Å². The second-order valence-corrected chi connectivity index (χ2v) is 5.37. The molecule has 0 aliphatic carbocycles. The minimum atomic E-state index is -0.263. The number of benzene rings is 1. The molecule has 0 saturated carbocycles. The average Bonchev–Trinajstić information content (AvgIpc) is 2.38. The number of hydrogen-bond acceptors (Lipinski definition) is 2.